The first-order valence-electron chi connectivity index (χ1n) is 8.10. The molecule has 1 heterocycles. The number of benzene rings is 2. The van der Waals surface area contributed by atoms with Crippen LogP contribution in [0.2, 0.25) is 15.1 Å². The summed E-state index contributed by atoms with van der Waals surface area (Å²) >= 11 is 18.0. The molecule has 29 heavy (non-hydrogen) atoms. The second-order valence-corrected chi connectivity index (χ2v) is 6.87. The maximum atomic E-state index is 12.9. The summed E-state index contributed by atoms with van der Waals surface area (Å²) in [6, 6.07) is 7.80. The van der Waals surface area contributed by atoms with E-state index in [9.17, 15) is 19.5 Å². The third kappa shape index (κ3) is 3.84. The first kappa shape index (κ1) is 20.8. The number of amides is 1. The standard InChI is InChI=1S/C17H12Cl3N5O4/c1-2-23(9-6-7-11(18)10(8-9)15(26)27)16(28)25-17(29)24(21-22-25)14-12(19)4-3-5-13(14)20/h3-8H,2H2,1H3,(H,26,27). The number of carboxylic acids is 1. The molecule has 12 heteroatoms. The number of aromatic nitrogens is 4. The Kier molecular flexibility index (Phi) is 5.92. The van der Waals surface area contributed by atoms with Gasteiger partial charge in [-0.05, 0) is 47.7 Å². The molecule has 0 saturated heterocycles. The molecule has 0 aliphatic carbocycles. The predicted molar refractivity (Wildman–Crippen MR) is 108 cm³/mol. The van der Waals surface area contributed by atoms with Gasteiger partial charge in [0, 0.05) is 12.2 Å². The SMILES string of the molecule is CCN(C(=O)n1nnn(-c2c(Cl)cccc2Cl)c1=O)c1ccc(Cl)c(C(=O)O)c1. The van der Waals surface area contributed by atoms with E-state index in [4.69, 9.17) is 34.8 Å². The van der Waals surface area contributed by atoms with Crippen molar-refractivity contribution in [3.05, 3.63) is 67.5 Å². The molecular formula is C17H12Cl3N5O4. The molecule has 3 aromatic rings. The second kappa shape index (κ2) is 8.24. The third-order valence-corrected chi connectivity index (χ3v) is 4.89. The molecule has 0 saturated carbocycles. The van der Waals surface area contributed by atoms with Crippen LogP contribution in [0.3, 0.4) is 0 Å². The summed E-state index contributed by atoms with van der Waals surface area (Å²) in [4.78, 5) is 38.1. The van der Waals surface area contributed by atoms with Gasteiger partial charge in [-0.25, -0.2) is 14.4 Å². The summed E-state index contributed by atoms with van der Waals surface area (Å²) in [6.45, 7) is 1.76. The monoisotopic (exact) mass is 455 g/mol. The van der Waals surface area contributed by atoms with Crippen molar-refractivity contribution in [1.29, 1.82) is 0 Å². The maximum absolute atomic E-state index is 12.9. The van der Waals surface area contributed by atoms with Crippen LogP contribution >= 0.6 is 34.8 Å². The van der Waals surface area contributed by atoms with Crippen molar-refractivity contribution in [3.63, 3.8) is 0 Å². The number of para-hydroxylation sites is 1. The molecule has 0 aliphatic heterocycles. The van der Waals surface area contributed by atoms with Gasteiger partial charge in [-0.3, -0.25) is 4.90 Å². The molecule has 0 radical (unpaired) electrons. The highest BCUT2D eigenvalue weighted by Gasteiger charge is 2.24. The average Bonchev–Trinajstić information content (AvgIpc) is 3.04. The van der Waals surface area contributed by atoms with E-state index in [1.54, 1.807) is 13.0 Å². The van der Waals surface area contributed by atoms with Gasteiger partial charge in [0.05, 0.1) is 20.6 Å². The molecule has 1 aromatic heterocycles. The minimum Gasteiger partial charge on any atom is -0.478 e. The van der Waals surface area contributed by atoms with Gasteiger partial charge in [-0.1, -0.05) is 40.9 Å². The highest BCUT2D eigenvalue weighted by molar-refractivity contribution is 6.37. The lowest BCUT2D eigenvalue weighted by molar-refractivity contribution is 0.0697. The van der Waals surface area contributed by atoms with Gasteiger partial charge in [0.1, 0.15) is 5.69 Å². The van der Waals surface area contributed by atoms with Crippen molar-refractivity contribution in [2.45, 2.75) is 6.92 Å². The maximum Gasteiger partial charge on any atom is 0.377 e. The van der Waals surface area contributed by atoms with Crippen molar-refractivity contribution in [2.24, 2.45) is 0 Å². The quantitative estimate of drug-likeness (QED) is 0.601. The summed E-state index contributed by atoms with van der Waals surface area (Å²) in [6.07, 6.45) is 0. The minimum absolute atomic E-state index is 0.0150. The summed E-state index contributed by atoms with van der Waals surface area (Å²) in [5.74, 6) is -1.25. The first-order chi connectivity index (χ1) is 13.8. The number of anilines is 1. The van der Waals surface area contributed by atoms with Crippen molar-refractivity contribution >= 4 is 52.5 Å². The Morgan fingerprint density at radius 1 is 1.07 bits per heavy atom. The van der Waals surface area contributed by atoms with Gasteiger partial charge in [0.25, 0.3) is 0 Å². The number of hydrogen-bond donors (Lipinski definition) is 1. The van der Waals surface area contributed by atoms with E-state index in [0.29, 0.717) is 4.68 Å². The van der Waals surface area contributed by atoms with E-state index >= 15 is 0 Å². The zero-order valence-electron chi connectivity index (χ0n) is 14.7. The molecule has 150 valence electrons. The lowest BCUT2D eigenvalue weighted by atomic mass is 10.2. The molecule has 1 amide bonds. The van der Waals surface area contributed by atoms with Crippen LogP contribution in [0.1, 0.15) is 17.3 Å². The Labute approximate surface area is 178 Å². The van der Waals surface area contributed by atoms with E-state index in [0.717, 1.165) is 9.58 Å². The van der Waals surface area contributed by atoms with E-state index in [-0.39, 0.29) is 38.6 Å². The van der Waals surface area contributed by atoms with Crippen molar-refractivity contribution in [2.75, 3.05) is 11.4 Å². The topological polar surface area (TPSA) is 110 Å². The van der Waals surface area contributed by atoms with E-state index in [1.165, 1.54) is 30.3 Å². The fourth-order valence-corrected chi connectivity index (χ4v) is 3.34. The molecular weight excluding hydrogens is 445 g/mol. The molecule has 0 unspecified atom stereocenters. The Balaban J connectivity index is 2.05. The number of carbonyl (C=O) groups excluding carboxylic acids is 1. The molecule has 0 spiro atoms. The van der Waals surface area contributed by atoms with E-state index in [2.05, 4.69) is 10.4 Å². The highest BCUT2D eigenvalue weighted by Crippen LogP contribution is 2.27. The van der Waals surface area contributed by atoms with Crippen LogP contribution in [0.4, 0.5) is 10.5 Å². The number of carbonyl (C=O) groups is 2. The van der Waals surface area contributed by atoms with Crippen molar-refractivity contribution in [3.8, 4) is 5.69 Å². The van der Waals surface area contributed by atoms with Gasteiger partial charge >= 0.3 is 17.7 Å². The van der Waals surface area contributed by atoms with Gasteiger partial charge in [-0.15, -0.1) is 4.68 Å². The number of aromatic carboxylic acids is 1. The minimum atomic E-state index is -1.25. The number of hydrogen-bond acceptors (Lipinski definition) is 5. The van der Waals surface area contributed by atoms with Gasteiger partial charge in [0.15, 0.2) is 0 Å². The molecule has 1 N–H and O–H groups in total. The lowest BCUT2D eigenvalue weighted by Gasteiger charge is -2.20. The normalized spacial score (nSPS) is 10.8. The van der Waals surface area contributed by atoms with E-state index in [1.807, 2.05) is 0 Å². The second-order valence-electron chi connectivity index (χ2n) is 5.65. The first-order valence-corrected chi connectivity index (χ1v) is 9.23. The Hall–Kier alpha value is -2.88. The van der Waals surface area contributed by atoms with Crippen molar-refractivity contribution in [1.82, 2.24) is 19.8 Å². The Morgan fingerprint density at radius 3 is 2.31 bits per heavy atom. The lowest BCUT2D eigenvalue weighted by Crippen LogP contribution is -2.41. The number of halogens is 3. The van der Waals surface area contributed by atoms with Crippen LogP contribution in [0, 0.1) is 0 Å². The van der Waals surface area contributed by atoms with Crippen LogP contribution < -0.4 is 10.6 Å². The number of nitrogens with zero attached hydrogens (tertiary/aromatic N) is 5. The van der Waals surface area contributed by atoms with Gasteiger partial charge in [0.2, 0.25) is 0 Å². The highest BCUT2D eigenvalue weighted by atomic mass is 35.5. The fourth-order valence-electron chi connectivity index (χ4n) is 2.59. The zero-order valence-corrected chi connectivity index (χ0v) is 17.0. The van der Waals surface area contributed by atoms with Crippen LogP contribution in [0.5, 0.6) is 0 Å². The van der Waals surface area contributed by atoms with Crippen LogP contribution in [-0.4, -0.2) is 43.4 Å². The number of carboxylic acid groups (broad SMARTS) is 1. The molecule has 2 aromatic carbocycles. The summed E-state index contributed by atoms with van der Waals surface area (Å²) in [5, 5.41) is 16.8. The van der Waals surface area contributed by atoms with Gasteiger partial charge < -0.3 is 5.11 Å². The van der Waals surface area contributed by atoms with Crippen LogP contribution in [0.25, 0.3) is 5.69 Å². The summed E-state index contributed by atoms with van der Waals surface area (Å²) in [7, 11) is 0. The third-order valence-electron chi connectivity index (χ3n) is 3.95. The van der Waals surface area contributed by atoms with Gasteiger partial charge in [-0.2, -0.15) is 4.68 Å². The predicted octanol–water partition coefficient (Wildman–Crippen LogP) is 3.58. The van der Waals surface area contributed by atoms with Crippen LogP contribution in [0.15, 0.2) is 41.2 Å². The smallest absolute Gasteiger partial charge is 0.377 e. The molecule has 0 bridgehead atoms. The fraction of sp³-hybridized carbons (Fsp3) is 0.118. The average molecular weight is 457 g/mol. The van der Waals surface area contributed by atoms with E-state index < -0.39 is 17.7 Å². The molecule has 0 aliphatic rings. The summed E-state index contributed by atoms with van der Waals surface area (Å²) < 4.78 is 1.33. The molecule has 3 rings (SSSR count). The molecule has 0 fully saturated rings. The number of tetrazole rings is 1. The van der Waals surface area contributed by atoms with Crippen LogP contribution in [-0.2, 0) is 0 Å². The molecule has 0 atom stereocenters. The summed E-state index contributed by atoms with van der Waals surface area (Å²) in [5.41, 5.74) is -0.774. The molecule has 9 nitrogen and oxygen atoms in total. The Morgan fingerprint density at radius 2 is 1.72 bits per heavy atom. The Bertz CT molecular complexity index is 1150. The number of rotatable bonds is 4. The van der Waals surface area contributed by atoms with Crippen molar-refractivity contribution < 1.29 is 14.7 Å². The largest absolute Gasteiger partial charge is 0.478 e. The zero-order chi connectivity index (χ0) is 21.3.